The molecule has 2 aromatic carbocycles. The minimum Gasteiger partial charge on any atom is -0.508 e. The Balaban J connectivity index is 2.26. The Morgan fingerprint density at radius 2 is 2.00 bits per heavy atom. The zero-order valence-electron chi connectivity index (χ0n) is 12.0. The summed E-state index contributed by atoms with van der Waals surface area (Å²) in [5, 5.41) is 36.1. The quantitative estimate of drug-likeness (QED) is 0.757. The molecular formula is C17H15FN2O2. The van der Waals surface area contributed by atoms with Crippen LogP contribution in [0.4, 0.5) is 4.39 Å². The highest BCUT2D eigenvalue weighted by molar-refractivity contribution is 6.02. The predicted molar refractivity (Wildman–Crippen MR) is 80.5 cm³/mol. The molecule has 1 unspecified atom stereocenters. The first kappa shape index (κ1) is 15.5. The Morgan fingerprint density at radius 1 is 1.27 bits per heavy atom. The van der Waals surface area contributed by atoms with Crippen LogP contribution in [0.25, 0.3) is 0 Å². The fourth-order valence-electron chi connectivity index (χ4n) is 2.26. The van der Waals surface area contributed by atoms with E-state index in [1.165, 1.54) is 24.3 Å². The van der Waals surface area contributed by atoms with E-state index in [1.54, 1.807) is 13.0 Å². The summed E-state index contributed by atoms with van der Waals surface area (Å²) in [4.78, 5) is 0. The Hall–Kier alpha value is -2.87. The van der Waals surface area contributed by atoms with E-state index in [2.05, 4.69) is 6.07 Å². The number of phenolic OH excluding ortho intramolecular Hbond substituents is 2. The fourth-order valence-corrected chi connectivity index (χ4v) is 2.26. The minimum absolute atomic E-state index is 0.100. The number of hydrogen-bond donors (Lipinski definition) is 3. The number of nitrogens with one attached hydrogen (secondary N) is 1. The minimum atomic E-state index is -0.749. The van der Waals surface area contributed by atoms with E-state index in [4.69, 9.17) is 5.41 Å². The van der Waals surface area contributed by atoms with Crippen LogP contribution < -0.4 is 0 Å². The van der Waals surface area contributed by atoms with Crippen molar-refractivity contribution in [1.82, 2.24) is 0 Å². The van der Waals surface area contributed by atoms with Crippen molar-refractivity contribution in [3.63, 3.8) is 0 Å². The van der Waals surface area contributed by atoms with Gasteiger partial charge in [-0.05, 0) is 60.4 Å². The van der Waals surface area contributed by atoms with Crippen molar-refractivity contribution in [3.8, 4) is 17.6 Å². The summed E-state index contributed by atoms with van der Waals surface area (Å²) in [5.41, 5.74) is 1.92. The number of phenols is 2. The normalized spacial score (nSPS) is 11.7. The fraction of sp³-hybridized carbons (Fsp3) is 0.176. The summed E-state index contributed by atoms with van der Waals surface area (Å²) in [6, 6.07) is 10.6. The Labute approximate surface area is 127 Å². The molecule has 0 aliphatic heterocycles. The highest BCUT2D eigenvalue weighted by atomic mass is 19.1. The Kier molecular flexibility index (Phi) is 4.42. The Morgan fingerprint density at radius 3 is 2.59 bits per heavy atom. The molecule has 112 valence electrons. The predicted octanol–water partition coefficient (Wildman–Crippen LogP) is 3.30. The van der Waals surface area contributed by atoms with Gasteiger partial charge in [-0.2, -0.15) is 5.26 Å². The second kappa shape index (κ2) is 6.27. The zero-order chi connectivity index (χ0) is 16.3. The molecule has 0 heterocycles. The van der Waals surface area contributed by atoms with E-state index in [9.17, 15) is 19.9 Å². The third kappa shape index (κ3) is 3.23. The summed E-state index contributed by atoms with van der Waals surface area (Å²) in [6.45, 7) is 1.75. The molecular weight excluding hydrogens is 283 g/mol. The third-order valence-corrected chi connectivity index (χ3v) is 3.46. The van der Waals surface area contributed by atoms with Gasteiger partial charge in [-0.15, -0.1) is 0 Å². The van der Waals surface area contributed by atoms with E-state index in [0.29, 0.717) is 16.7 Å². The molecule has 22 heavy (non-hydrogen) atoms. The van der Waals surface area contributed by atoms with Crippen LogP contribution in [0.15, 0.2) is 36.4 Å². The van der Waals surface area contributed by atoms with Crippen LogP contribution >= 0.6 is 0 Å². The number of nitrogens with zero attached hydrogens (tertiary/aromatic N) is 1. The van der Waals surface area contributed by atoms with Crippen molar-refractivity contribution in [3.05, 3.63) is 58.9 Å². The van der Waals surface area contributed by atoms with Gasteiger partial charge in [0.15, 0.2) is 11.6 Å². The lowest BCUT2D eigenvalue weighted by Crippen LogP contribution is -2.17. The molecule has 0 bridgehead atoms. The smallest absolute Gasteiger partial charge is 0.165 e. The van der Waals surface area contributed by atoms with Gasteiger partial charge in [0.05, 0.1) is 17.7 Å². The topological polar surface area (TPSA) is 88.1 Å². The van der Waals surface area contributed by atoms with E-state index in [1.807, 2.05) is 0 Å². The van der Waals surface area contributed by atoms with Crippen LogP contribution in [0, 0.1) is 35.4 Å². The van der Waals surface area contributed by atoms with Gasteiger partial charge in [0.1, 0.15) is 5.75 Å². The first-order valence-electron chi connectivity index (χ1n) is 6.68. The monoisotopic (exact) mass is 298 g/mol. The lowest BCUT2D eigenvalue weighted by molar-refractivity contribution is 0.431. The van der Waals surface area contributed by atoms with Crippen molar-refractivity contribution < 1.29 is 14.6 Å². The molecule has 3 N–H and O–H groups in total. The molecule has 0 aliphatic carbocycles. The number of nitriles is 1. The highest BCUT2D eigenvalue weighted by Gasteiger charge is 2.19. The lowest BCUT2D eigenvalue weighted by atomic mass is 9.89. The van der Waals surface area contributed by atoms with Gasteiger partial charge in [-0.1, -0.05) is 6.07 Å². The molecule has 5 heteroatoms. The number of benzene rings is 2. The van der Waals surface area contributed by atoms with Gasteiger partial charge < -0.3 is 15.6 Å². The van der Waals surface area contributed by atoms with E-state index < -0.39 is 17.5 Å². The molecule has 1 atom stereocenters. The van der Waals surface area contributed by atoms with Crippen LogP contribution in [0.5, 0.6) is 11.5 Å². The highest BCUT2D eigenvalue weighted by Crippen LogP contribution is 2.22. The maximum atomic E-state index is 13.4. The molecule has 0 spiro atoms. The van der Waals surface area contributed by atoms with E-state index in [0.717, 1.165) is 6.07 Å². The van der Waals surface area contributed by atoms with Gasteiger partial charge in [-0.3, -0.25) is 0 Å². The first-order chi connectivity index (χ1) is 10.4. The van der Waals surface area contributed by atoms with E-state index in [-0.39, 0.29) is 17.9 Å². The third-order valence-electron chi connectivity index (χ3n) is 3.46. The number of hydrogen-bond acceptors (Lipinski definition) is 4. The summed E-state index contributed by atoms with van der Waals surface area (Å²) in [5.74, 6) is -1.83. The first-order valence-corrected chi connectivity index (χ1v) is 6.68. The van der Waals surface area contributed by atoms with Crippen molar-refractivity contribution in [2.75, 3.05) is 0 Å². The van der Waals surface area contributed by atoms with Gasteiger partial charge in [-0.25, -0.2) is 4.39 Å². The summed E-state index contributed by atoms with van der Waals surface area (Å²) < 4.78 is 13.4. The number of aromatic hydroxyl groups is 2. The molecule has 0 amide bonds. The summed E-state index contributed by atoms with van der Waals surface area (Å²) in [7, 11) is 0. The maximum absolute atomic E-state index is 13.4. The molecule has 4 nitrogen and oxygen atoms in total. The molecule has 0 fully saturated rings. The van der Waals surface area contributed by atoms with Crippen LogP contribution in [0.2, 0.25) is 0 Å². The van der Waals surface area contributed by atoms with Gasteiger partial charge in [0.25, 0.3) is 0 Å². The molecule has 0 aromatic heterocycles. The number of aryl methyl sites for hydroxylation is 1. The second-order valence-corrected chi connectivity index (χ2v) is 5.08. The average molecular weight is 298 g/mol. The molecule has 0 radical (unpaired) electrons. The molecule has 2 rings (SSSR count). The largest absolute Gasteiger partial charge is 0.508 e. The maximum Gasteiger partial charge on any atom is 0.165 e. The molecule has 0 saturated heterocycles. The van der Waals surface area contributed by atoms with Crippen LogP contribution in [0.3, 0.4) is 0 Å². The Bertz CT molecular complexity index is 766. The van der Waals surface area contributed by atoms with Crippen molar-refractivity contribution in [1.29, 1.82) is 10.7 Å². The summed E-state index contributed by atoms with van der Waals surface area (Å²) in [6.07, 6.45) is 0.173. The summed E-state index contributed by atoms with van der Waals surface area (Å²) >= 11 is 0. The van der Waals surface area contributed by atoms with Crippen LogP contribution in [0.1, 0.15) is 16.7 Å². The van der Waals surface area contributed by atoms with Gasteiger partial charge in [0, 0.05) is 0 Å². The molecule has 0 aliphatic rings. The average Bonchev–Trinajstić information content (AvgIpc) is 2.47. The standard InChI is InChI=1S/C17H15FN2O2/c1-10-6-13(21)3-4-14(10)17(20)12(9-19)7-11-2-5-16(22)15(18)8-11/h2-6,8,12,20-22H,7H2,1H3. The second-order valence-electron chi connectivity index (χ2n) is 5.08. The van der Waals surface area contributed by atoms with Crippen LogP contribution in [-0.4, -0.2) is 15.9 Å². The number of rotatable bonds is 4. The SMILES string of the molecule is Cc1cc(O)ccc1C(=N)C(C#N)Cc1ccc(O)c(F)c1. The van der Waals surface area contributed by atoms with Gasteiger partial charge >= 0.3 is 0 Å². The van der Waals surface area contributed by atoms with E-state index >= 15 is 0 Å². The van der Waals surface area contributed by atoms with Crippen molar-refractivity contribution >= 4 is 5.71 Å². The van der Waals surface area contributed by atoms with Crippen LogP contribution in [-0.2, 0) is 6.42 Å². The van der Waals surface area contributed by atoms with Crippen molar-refractivity contribution in [2.45, 2.75) is 13.3 Å². The molecule has 2 aromatic rings. The van der Waals surface area contributed by atoms with Crippen molar-refractivity contribution in [2.24, 2.45) is 5.92 Å². The molecule has 0 saturated carbocycles. The van der Waals surface area contributed by atoms with Gasteiger partial charge in [0.2, 0.25) is 0 Å². The zero-order valence-corrected chi connectivity index (χ0v) is 12.0. The lowest BCUT2D eigenvalue weighted by Gasteiger charge is -2.14. The number of halogens is 1.